The lowest BCUT2D eigenvalue weighted by molar-refractivity contribution is -0.118. The summed E-state index contributed by atoms with van der Waals surface area (Å²) >= 11 is 0. The van der Waals surface area contributed by atoms with Gasteiger partial charge in [0, 0.05) is 12.3 Å². The van der Waals surface area contributed by atoms with Crippen LogP contribution in [-0.4, -0.2) is 22.6 Å². The summed E-state index contributed by atoms with van der Waals surface area (Å²) in [7, 11) is 1.61. The molecular weight excluding hydrogens is 369 g/mol. The number of benzene rings is 2. The molecule has 3 aromatic rings. The van der Waals surface area contributed by atoms with Crippen LogP contribution in [0.2, 0.25) is 0 Å². The molecular formula is C23H24FN3O2. The molecule has 3 rings (SSSR count). The molecule has 6 heteroatoms. The van der Waals surface area contributed by atoms with Gasteiger partial charge < -0.3 is 14.6 Å². The van der Waals surface area contributed by atoms with E-state index in [0.29, 0.717) is 5.75 Å². The summed E-state index contributed by atoms with van der Waals surface area (Å²) in [5.41, 5.74) is 2.80. The third-order valence-electron chi connectivity index (χ3n) is 4.62. The van der Waals surface area contributed by atoms with Gasteiger partial charge in [-0.1, -0.05) is 18.2 Å². The quantitative estimate of drug-likeness (QED) is 0.632. The Morgan fingerprint density at radius 3 is 2.55 bits per heavy atom. The minimum Gasteiger partial charge on any atom is -0.495 e. The normalized spacial score (nSPS) is 11.6. The van der Waals surface area contributed by atoms with E-state index in [1.807, 2.05) is 49.7 Å². The Bertz CT molecular complexity index is 1040. The standard InChI is InChI=1S/C23H24FN3O2/c1-16-14-27(15-25-16)20-11-5-17(13-21(20)29-4)6-12-22(28)26-23(2,3)18-7-9-19(24)10-8-18/h5-15H,1-4H3,(H,26,28)/b12-6+. The van der Waals surface area contributed by atoms with Crippen LogP contribution in [0, 0.1) is 12.7 Å². The van der Waals surface area contributed by atoms with Gasteiger partial charge in [0.15, 0.2) is 0 Å². The fourth-order valence-corrected chi connectivity index (χ4v) is 3.02. The number of aryl methyl sites for hydroxylation is 1. The van der Waals surface area contributed by atoms with Crippen molar-refractivity contribution in [3.63, 3.8) is 0 Å². The maximum Gasteiger partial charge on any atom is 0.244 e. The summed E-state index contributed by atoms with van der Waals surface area (Å²) in [6.45, 7) is 5.67. The van der Waals surface area contributed by atoms with E-state index < -0.39 is 5.54 Å². The lowest BCUT2D eigenvalue weighted by atomic mass is 9.94. The zero-order chi connectivity index (χ0) is 21.0. The highest BCUT2D eigenvalue weighted by Crippen LogP contribution is 2.25. The zero-order valence-corrected chi connectivity index (χ0v) is 16.9. The second kappa shape index (κ2) is 8.31. The number of hydrogen-bond acceptors (Lipinski definition) is 3. The predicted octanol–water partition coefficient (Wildman–Crippen LogP) is 4.39. The van der Waals surface area contributed by atoms with E-state index in [4.69, 9.17) is 4.74 Å². The molecule has 1 aromatic heterocycles. The Labute approximate surface area is 169 Å². The Morgan fingerprint density at radius 2 is 1.93 bits per heavy atom. The fraction of sp³-hybridized carbons (Fsp3) is 0.217. The minimum atomic E-state index is -0.629. The largest absolute Gasteiger partial charge is 0.495 e. The molecule has 2 aromatic carbocycles. The van der Waals surface area contributed by atoms with Crippen molar-refractivity contribution in [1.82, 2.24) is 14.9 Å². The summed E-state index contributed by atoms with van der Waals surface area (Å²) in [6, 6.07) is 11.8. The van der Waals surface area contributed by atoms with Crippen LogP contribution in [0.1, 0.15) is 30.7 Å². The van der Waals surface area contributed by atoms with Crippen molar-refractivity contribution in [3.8, 4) is 11.4 Å². The third kappa shape index (κ3) is 4.90. The number of nitrogens with zero attached hydrogens (tertiary/aromatic N) is 2. The summed E-state index contributed by atoms with van der Waals surface area (Å²) in [5, 5.41) is 2.94. The Hall–Kier alpha value is -3.41. The van der Waals surface area contributed by atoms with Crippen molar-refractivity contribution in [2.24, 2.45) is 0 Å². The monoisotopic (exact) mass is 393 g/mol. The van der Waals surface area contributed by atoms with Gasteiger partial charge in [-0.25, -0.2) is 9.37 Å². The molecule has 0 aliphatic carbocycles. The molecule has 1 heterocycles. The highest BCUT2D eigenvalue weighted by atomic mass is 19.1. The number of imidazole rings is 1. The number of carbonyl (C=O) groups is 1. The van der Waals surface area contributed by atoms with Gasteiger partial charge in [0.1, 0.15) is 11.6 Å². The molecule has 0 saturated heterocycles. The summed E-state index contributed by atoms with van der Waals surface area (Å²) < 4.78 is 20.5. The van der Waals surface area contributed by atoms with Crippen molar-refractivity contribution in [2.75, 3.05) is 7.11 Å². The van der Waals surface area contributed by atoms with Gasteiger partial charge in [0.2, 0.25) is 5.91 Å². The highest BCUT2D eigenvalue weighted by molar-refractivity contribution is 5.92. The molecule has 0 atom stereocenters. The van der Waals surface area contributed by atoms with Gasteiger partial charge in [-0.2, -0.15) is 0 Å². The second-order valence-electron chi connectivity index (χ2n) is 7.31. The average molecular weight is 393 g/mol. The number of ether oxygens (including phenoxy) is 1. The van der Waals surface area contributed by atoms with E-state index >= 15 is 0 Å². The van der Waals surface area contributed by atoms with Crippen LogP contribution >= 0.6 is 0 Å². The van der Waals surface area contributed by atoms with E-state index in [0.717, 1.165) is 22.5 Å². The van der Waals surface area contributed by atoms with Crippen molar-refractivity contribution < 1.29 is 13.9 Å². The predicted molar refractivity (Wildman–Crippen MR) is 111 cm³/mol. The van der Waals surface area contributed by atoms with Crippen LogP contribution < -0.4 is 10.1 Å². The maximum absolute atomic E-state index is 13.1. The van der Waals surface area contributed by atoms with Gasteiger partial charge in [-0.05, 0) is 62.2 Å². The SMILES string of the molecule is COc1cc(/C=C/C(=O)NC(C)(C)c2ccc(F)cc2)ccc1-n1cnc(C)c1. The third-order valence-corrected chi connectivity index (χ3v) is 4.62. The van der Waals surface area contributed by atoms with Crippen LogP contribution in [0.25, 0.3) is 11.8 Å². The van der Waals surface area contributed by atoms with Crippen LogP contribution in [0.4, 0.5) is 4.39 Å². The average Bonchev–Trinajstić information content (AvgIpc) is 3.12. The Kier molecular flexibility index (Phi) is 5.82. The number of aromatic nitrogens is 2. The van der Waals surface area contributed by atoms with E-state index in [2.05, 4.69) is 10.3 Å². The number of rotatable bonds is 6. The molecule has 1 amide bonds. The molecule has 0 aliphatic heterocycles. The lowest BCUT2D eigenvalue weighted by Gasteiger charge is -2.26. The molecule has 0 fully saturated rings. The highest BCUT2D eigenvalue weighted by Gasteiger charge is 2.21. The molecule has 150 valence electrons. The summed E-state index contributed by atoms with van der Waals surface area (Å²) in [6.07, 6.45) is 6.84. The topological polar surface area (TPSA) is 56.1 Å². The minimum absolute atomic E-state index is 0.243. The number of methoxy groups -OCH3 is 1. The van der Waals surface area contributed by atoms with Crippen LogP contribution in [0.15, 0.2) is 61.1 Å². The first-order valence-corrected chi connectivity index (χ1v) is 9.24. The van der Waals surface area contributed by atoms with E-state index in [1.54, 1.807) is 31.6 Å². The number of carbonyl (C=O) groups excluding carboxylic acids is 1. The first-order valence-electron chi connectivity index (χ1n) is 9.24. The van der Waals surface area contributed by atoms with Crippen molar-refractivity contribution in [1.29, 1.82) is 0 Å². The smallest absolute Gasteiger partial charge is 0.244 e. The first kappa shape index (κ1) is 20.3. The van der Waals surface area contributed by atoms with Gasteiger partial charge in [-0.15, -0.1) is 0 Å². The Balaban J connectivity index is 1.73. The van der Waals surface area contributed by atoms with Crippen LogP contribution in [0.5, 0.6) is 5.75 Å². The summed E-state index contributed by atoms with van der Waals surface area (Å²) in [4.78, 5) is 16.6. The van der Waals surface area contributed by atoms with Crippen molar-refractivity contribution in [2.45, 2.75) is 26.3 Å². The summed E-state index contributed by atoms with van der Waals surface area (Å²) in [5.74, 6) is 0.128. The fourth-order valence-electron chi connectivity index (χ4n) is 3.02. The molecule has 0 aliphatic rings. The maximum atomic E-state index is 13.1. The molecule has 0 unspecified atom stereocenters. The molecule has 0 bridgehead atoms. The molecule has 0 spiro atoms. The number of amides is 1. The lowest BCUT2D eigenvalue weighted by Crippen LogP contribution is -2.40. The van der Waals surface area contributed by atoms with Gasteiger partial charge in [0.25, 0.3) is 0 Å². The molecule has 29 heavy (non-hydrogen) atoms. The molecule has 0 saturated carbocycles. The molecule has 5 nitrogen and oxygen atoms in total. The zero-order valence-electron chi connectivity index (χ0n) is 16.9. The van der Waals surface area contributed by atoms with Crippen LogP contribution in [-0.2, 0) is 10.3 Å². The number of hydrogen-bond donors (Lipinski definition) is 1. The van der Waals surface area contributed by atoms with E-state index in [1.165, 1.54) is 18.2 Å². The molecule has 0 radical (unpaired) electrons. The molecule has 1 N–H and O–H groups in total. The first-order chi connectivity index (χ1) is 13.8. The van der Waals surface area contributed by atoms with Gasteiger partial charge >= 0.3 is 0 Å². The van der Waals surface area contributed by atoms with Crippen molar-refractivity contribution in [3.05, 3.63) is 83.7 Å². The van der Waals surface area contributed by atoms with Gasteiger partial charge in [-0.3, -0.25) is 4.79 Å². The van der Waals surface area contributed by atoms with Gasteiger partial charge in [0.05, 0.1) is 30.4 Å². The van der Waals surface area contributed by atoms with E-state index in [-0.39, 0.29) is 11.7 Å². The number of nitrogens with one attached hydrogen (secondary N) is 1. The van der Waals surface area contributed by atoms with Crippen molar-refractivity contribution >= 4 is 12.0 Å². The Morgan fingerprint density at radius 1 is 1.21 bits per heavy atom. The van der Waals surface area contributed by atoms with Crippen LogP contribution in [0.3, 0.4) is 0 Å². The van der Waals surface area contributed by atoms with E-state index in [9.17, 15) is 9.18 Å². The second-order valence-corrected chi connectivity index (χ2v) is 7.31. The number of halogens is 1.